The minimum absolute atomic E-state index is 0.0223. The van der Waals surface area contributed by atoms with Gasteiger partial charge in [-0.15, -0.1) is 24.5 Å². The molecule has 4 N–H and O–H groups in total. The fraction of sp³-hybridized carbons (Fsp3) is 0.278. The lowest BCUT2D eigenvalue weighted by molar-refractivity contribution is -0.275. The molecule has 7 nitrogen and oxygen atoms in total. The number of nitrogens with zero attached hydrogens (tertiary/aromatic N) is 1. The molecule has 2 aromatic heterocycles. The number of benzene rings is 1. The van der Waals surface area contributed by atoms with Crippen LogP contribution in [0.2, 0.25) is 0 Å². The summed E-state index contributed by atoms with van der Waals surface area (Å²) in [5.41, 5.74) is 6.27. The maximum absolute atomic E-state index is 12.8. The number of carbonyl (C=O) groups is 1. The highest BCUT2D eigenvalue weighted by atomic mass is 32.1. The predicted molar refractivity (Wildman–Crippen MR) is 100 cm³/mol. The number of alkyl halides is 3. The quantitative estimate of drug-likeness (QED) is 0.532. The number of hydrogen-bond donors (Lipinski definition) is 3. The normalized spacial score (nSPS) is 13.0. The fourth-order valence-corrected chi connectivity index (χ4v) is 4.24. The number of nitrogens with one attached hydrogen (secondary N) is 1. The zero-order valence-electron chi connectivity index (χ0n) is 15.2. The third kappa shape index (κ3) is 4.76. The van der Waals surface area contributed by atoms with Crippen molar-refractivity contribution in [3.63, 3.8) is 0 Å². The van der Waals surface area contributed by atoms with Crippen LogP contribution in [-0.4, -0.2) is 27.4 Å². The number of aromatic nitrogens is 2. The summed E-state index contributed by atoms with van der Waals surface area (Å²) in [6.07, 6.45) is -1.96. The van der Waals surface area contributed by atoms with Gasteiger partial charge in [-0.2, -0.15) is 0 Å². The fourth-order valence-electron chi connectivity index (χ4n) is 2.98. The van der Waals surface area contributed by atoms with E-state index in [0.29, 0.717) is 15.8 Å². The SMILES string of the molecule is NCc1ccc(F)c(OC(F)(F)F)c1.O=C(O)c1nc2sc3c(c2c(=O)[nH]1)CCC3. The van der Waals surface area contributed by atoms with E-state index in [-0.39, 0.29) is 17.9 Å². The monoisotopic (exact) mass is 445 g/mol. The van der Waals surface area contributed by atoms with E-state index in [0.717, 1.165) is 37.0 Å². The number of carboxylic acids is 1. The largest absolute Gasteiger partial charge is 0.573 e. The average Bonchev–Trinajstić information content (AvgIpc) is 3.23. The average molecular weight is 445 g/mol. The summed E-state index contributed by atoms with van der Waals surface area (Å²) < 4.78 is 51.4. The number of carboxylic acid groups (broad SMARTS) is 1. The van der Waals surface area contributed by atoms with Crippen molar-refractivity contribution in [3.05, 3.63) is 56.2 Å². The molecule has 1 aliphatic rings. The van der Waals surface area contributed by atoms with Crippen LogP contribution in [0, 0.1) is 5.82 Å². The van der Waals surface area contributed by atoms with Crippen LogP contribution in [-0.2, 0) is 19.4 Å². The molecule has 0 saturated carbocycles. The molecule has 4 rings (SSSR count). The lowest BCUT2D eigenvalue weighted by atomic mass is 10.2. The molecule has 0 atom stereocenters. The number of hydrogen-bond acceptors (Lipinski definition) is 6. The Bertz CT molecular complexity index is 1160. The smallest absolute Gasteiger partial charge is 0.475 e. The van der Waals surface area contributed by atoms with Gasteiger partial charge in [0.2, 0.25) is 5.82 Å². The highest BCUT2D eigenvalue weighted by molar-refractivity contribution is 7.18. The predicted octanol–water partition coefficient (Wildman–Crippen LogP) is 3.35. The summed E-state index contributed by atoms with van der Waals surface area (Å²) in [5.74, 6) is -3.41. The molecular formula is C18H15F4N3O4S. The molecule has 3 aromatic rings. The van der Waals surface area contributed by atoms with Gasteiger partial charge < -0.3 is 20.6 Å². The van der Waals surface area contributed by atoms with Crippen molar-refractivity contribution in [2.75, 3.05) is 0 Å². The molecule has 30 heavy (non-hydrogen) atoms. The van der Waals surface area contributed by atoms with Crippen LogP contribution in [0.15, 0.2) is 23.0 Å². The molecule has 1 aromatic carbocycles. The first-order valence-electron chi connectivity index (χ1n) is 8.61. The molecule has 1 aliphatic carbocycles. The highest BCUT2D eigenvalue weighted by Crippen LogP contribution is 2.34. The van der Waals surface area contributed by atoms with Gasteiger partial charge >= 0.3 is 12.3 Å². The Morgan fingerprint density at radius 2 is 2.07 bits per heavy atom. The van der Waals surface area contributed by atoms with Crippen molar-refractivity contribution in [1.82, 2.24) is 9.97 Å². The van der Waals surface area contributed by atoms with Gasteiger partial charge in [-0.25, -0.2) is 14.2 Å². The molecule has 0 amide bonds. The Balaban J connectivity index is 0.000000173. The summed E-state index contributed by atoms with van der Waals surface area (Å²) in [7, 11) is 0. The third-order valence-electron chi connectivity index (χ3n) is 4.23. The Morgan fingerprint density at radius 3 is 2.70 bits per heavy atom. The molecule has 0 bridgehead atoms. The summed E-state index contributed by atoms with van der Waals surface area (Å²) in [4.78, 5) is 30.5. The minimum Gasteiger partial charge on any atom is -0.475 e. The van der Waals surface area contributed by atoms with Crippen molar-refractivity contribution < 1.29 is 32.2 Å². The lowest BCUT2D eigenvalue weighted by Crippen LogP contribution is -2.18. The maximum atomic E-state index is 12.8. The summed E-state index contributed by atoms with van der Waals surface area (Å²) in [6.45, 7) is 0.0223. The first-order chi connectivity index (χ1) is 14.1. The van der Waals surface area contributed by atoms with E-state index >= 15 is 0 Å². The van der Waals surface area contributed by atoms with Crippen LogP contribution in [0.1, 0.15) is 33.0 Å². The number of halogens is 4. The summed E-state index contributed by atoms with van der Waals surface area (Å²) in [5, 5.41) is 9.37. The van der Waals surface area contributed by atoms with Crippen LogP contribution < -0.4 is 16.0 Å². The van der Waals surface area contributed by atoms with Gasteiger partial charge in [0.1, 0.15) is 4.83 Å². The molecule has 0 aliphatic heterocycles. The van der Waals surface area contributed by atoms with Crippen molar-refractivity contribution in [1.29, 1.82) is 0 Å². The van der Waals surface area contributed by atoms with Crippen LogP contribution >= 0.6 is 11.3 Å². The van der Waals surface area contributed by atoms with Gasteiger partial charge in [-0.1, -0.05) is 6.07 Å². The molecule has 0 spiro atoms. The standard InChI is InChI=1S/C10H8N2O3S.C8H7F4NO/c13-8-6-4-2-1-3-5(4)16-9(6)12-7(11-8)10(14)15;9-6-2-1-5(4-13)3-7(6)14-8(10,11)12/h1-3H2,(H,14,15)(H,11,12,13);1-3H,4,13H2. The Hall–Kier alpha value is -2.99. The first-order valence-corrected chi connectivity index (χ1v) is 9.42. The van der Waals surface area contributed by atoms with E-state index in [9.17, 15) is 27.2 Å². The van der Waals surface area contributed by atoms with Gasteiger partial charge in [0, 0.05) is 11.4 Å². The second-order valence-corrected chi connectivity index (χ2v) is 7.36. The molecule has 0 unspecified atom stereocenters. The highest BCUT2D eigenvalue weighted by Gasteiger charge is 2.32. The number of rotatable bonds is 3. The number of ether oxygens (including phenoxy) is 1. The van der Waals surface area contributed by atoms with Gasteiger partial charge in [0.05, 0.1) is 5.39 Å². The van der Waals surface area contributed by atoms with Crippen LogP contribution in [0.3, 0.4) is 0 Å². The van der Waals surface area contributed by atoms with E-state index in [1.807, 2.05) is 0 Å². The number of aromatic amines is 1. The van der Waals surface area contributed by atoms with Gasteiger partial charge in [-0.05, 0) is 42.5 Å². The Morgan fingerprint density at radius 1 is 1.33 bits per heavy atom. The first kappa shape index (κ1) is 21.7. The van der Waals surface area contributed by atoms with Crippen molar-refractivity contribution in [2.45, 2.75) is 32.2 Å². The molecule has 0 radical (unpaired) electrons. The second-order valence-electron chi connectivity index (χ2n) is 6.27. The molecule has 2 heterocycles. The number of fused-ring (bicyclic) bond motifs is 3. The molecule has 0 saturated heterocycles. The van der Waals surface area contributed by atoms with Gasteiger partial charge in [0.25, 0.3) is 5.56 Å². The minimum atomic E-state index is -4.89. The zero-order chi connectivity index (χ0) is 22.1. The molecule has 12 heteroatoms. The summed E-state index contributed by atoms with van der Waals surface area (Å²) >= 11 is 1.44. The van der Waals surface area contributed by atoms with Gasteiger partial charge in [-0.3, -0.25) is 4.79 Å². The second kappa shape index (κ2) is 8.40. The van der Waals surface area contributed by atoms with E-state index in [1.54, 1.807) is 0 Å². The third-order valence-corrected chi connectivity index (χ3v) is 5.42. The van der Waals surface area contributed by atoms with E-state index in [2.05, 4.69) is 14.7 Å². The molecule has 160 valence electrons. The van der Waals surface area contributed by atoms with Crippen molar-refractivity contribution in [3.8, 4) is 5.75 Å². The van der Waals surface area contributed by atoms with Crippen LogP contribution in [0.5, 0.6) is 5.75 Å². The Kier molecular flexibility index (Phi) is 6.08. The van der Waals surface area contributed by atoms with Gasteiger partial charge in [0.15, 0.2) is 11.6 Å². The maximum Gasteiger partial charge on any atom is 0.573 e. The molecular weight excluding hydrogens is 430 g/mol. The van der Waals surface area contributed by atoms with E-state index in [4.69, 9.17) is 10.8 Å². The summed E-state index contributed by atoms with van der Waals surface area (Å²) in [6, 6.07) is 3.09. The van der Waals surface area contributed by atoms with E-state index in [1.165, 1.54) is 22.3 Å². The van der Waals surface area contributed by atoms with Crippen molar-refractivity contribution in [2.24, 2.45) is 5.73 Å². The number of H-pyrrole nitrogens is 1. The van der Waals surface area contributed by atoms with Crippen LogP contribution in [0.4, 0.5) is 17.6 Å². The van der Waals surface area contributed by atoms with Crippen LogP contribution in [0.25, 0.3) is 10.2 Å². The molecule has 0 fully saturated rings. The van der Waals surface area contributed by atoms with E-state index < -0.39 is 23.9 Å². The zero-order valence-corrected chi connectivity index (χ0v) is 16.0. The number of aryl methyl sites for hydroxylation is 2. The van der Waals surface area contributed by atoms with Crippen molar-refractivity contribution >= 4 is 27.5 Å². The number of aromatic carboxylic acids is 1. The Labute approximate surface area is 170 Å². The lowest BCUT2D eigenvalue weighted by Gasteiger charge is -2.10. The number of thiophene rings is 1. The number of nitrogens with two attached hydrogens (primary N) is 1. The topological polar surface area (TPSA) is 118 Å².